The van der Waals surface area contributed by atoms with Crippen molar-refractivity contribution in [2.75, 3.05) is 0 Å². The average molecular weight is 291 g/mol. The number of hydrogen-bond donors (Lipinski definition) is 5. The van der Waals surface area contributed by atoms with Gasteiger partial charge in [-0.25, -0.2) is 4.57 Å². The standard InChI is InChI=1S/C7H19NO7P2/c1-2-3-4-5-6-7(8,16(9,10)11)15-17(12,13)14/h2-6,8H2,1H3,(H2,9,10,11)(H2,12,13,14). The number of rotatable bonds is 8. The number of hydrogen-bond acceptors (Lipinski definition) is 4. The molecule has 17 heavy (non-hydrogen) atoms. The predicted octanol–water partition coefficient (Wildman–Crippen LogP) is 0.856. The predicted molar refractivity (Wildman–Crippen MR) is 60.9 cm³/mol. The third-order valence-electron chi connectivity index (χ3n) is 2.16. The quantitative estimate of drug-likeness (QED) is 0.251. The van der Waals surface area contributed by atoms with Crippen LogP contribution in [0.3, 0.4) is 0 Å². The van der Waals surface area contributed by atoms with Gasteiger partial charge in [0.25, 0.3) is 0 Å². The van der Waals surface area contributed by atoms with Crippen LogP contribution in [-0.2, 0) is 13.7 Å². The molecule has 0 rings (SSSR count). The molecule has 104 valence electrons. The normalized spacial score (nSPS) is 16.8. The Morgan fingerprint density at radius 3 is 2.00 bits per heavy atom. The third kappa shape index (κ3) is 6.64. The van der Waals surface area contributed by atoms with Crippen molar-refractivity contribution < 1.29 is 33.2 Å². The van der Waals surface area contributed by atoms with Gasteiger partial charge in [0.15, 0.2) is 0 Å². The van der Waals surface area contributed by atoms with Crippen LogP contribution in [0.5, 0.6) is 0 Å². The van der Waals surface area contributed by atoms with Gasteiger partial charge < -0.3 is 19.6 Å². The maximum atomic E-state index is 11.1. The van der Waals surface area contributed by atoms with E-state index in [1.807, 2.05) is 6.92 Å². The molecule has 0 aliphatic heterocycles. The maximum absolute atomic E-state index is 11.1. The van der Waals surface area contributed by atoms with Crippen LogP contribution in [0.4, 0.5) is 0 Å². The summed E-state index contributed by atoms with van der Waals surface area (Å²) < 4.78 is 25.8. The number of unbranched alkanes of at least 4 members (excludes halogenated alkanes) is 3. The van der Waals surface area contributed by atoms with Crippen molar-refractivity contribution in [3.63, 3.8) is 0 Å². The number of phosphoric acid groups is 1. The summed E-state index contributed by atoms with van der Waals surface area (Å²) >= 11 is 0. The van der Waals surface area contributed by atoms with E-state index in [9.17, 15) is 9.13 Å². The van der Waals surface area contributed by atoms with Gasteiger partial charge in [0.05, 0.1) is 0 Å². The van der Waals surface area contributed by atoms with E-state index in [1.165, 1.54) is 0 Å². The molecule has 0 bridgehead atoms. The molecule has 0 aromatic rings. The molecule has 0 fully saturated rings. The summed E-state index contributed by atoms with van der Waals surface area (Å²) in [6.45, 7) is 1.95. The van der Waals surface area contributed by atoms with Gasteiger partial charge in [0.2, 0.25) is 5.47 Å². The zero-order chi connectivity index (χ0) is 13.7. The molecule has 0 saturated carbocycles. The van der Waals surface area contributed by atoms with Crippen LogP contribution in [0.25, 0.3) is 0 Å². The van der Waals surface area contributed by atoms with Gasteiger partial charge in [-0.2, -0.15) is 0 Å². The lowest BCUT2D eigenvalue weighted by Gasteiger charge is -2.29. The number of phosphoric ester groups is 1. The summed E-state index contributed by atoms with van der Waals surface area (Å²) in [6.07, 6.45) is 2.40. The minimum absolute atomic E-state index is 0.315. The highest BCUT2D eigenvalue weighted by atomic mass is 31.2. The molecular weight excluding hydrogens is 272 g/mol. The third-order valence-corrected chi connectivity index (χ3v) is 4.17. The van der Waals surface area contributed by atoms with Gasteiger partial charge in [0, 0.05) is 6.42 Å². The first-order valence-electron chi connectivity index (χ1n) is 5.12. The smallest absolute Gasteiger partial charge is 0.321 e. The molecule has 10 heteroatoms. The van der Waals surface area contributed by atoms with Crippen molar-refractivity contribution in [2.24, 2.45) is 5.73 Å². The molecule has 1 atom stereocenters. The van der Waals surface area contributed by atoms with E-state index in [2.05, 4.69) is 4.52 Å². The van der Waals surface area contributed by atoms with E-state index in [0.29, 0.717) is 12.8 Å². The summed E-state index contributed by atoms with van der Waals surface area (Å²) in [5.41, 5.74) is 2.64. The van der Waals surface area contributed by atoms with E-state index in [1.54, 1.807) is 0 Å². The molecule has 0 aromatic heterocycles. The SMILES string of the molecule is CCCCCCC(N)(OP(=O)(O)O)P(=O)(O)O. The van der Waals surface area contributed by atoms with Crippen molar-refractivity contribution in [1.29, 1.82) is 0 Å². The van der Waals surface area contributed by atoms with Crippen molar-refractivity contribution in [1.82, 2.24) is 0 Å². The van der Waals surface area contributed by atoms with Crippen LogP contribution in [0, 0.1) is 0 Å². The van der Waals surface area contributed by atoms with Gasteiger partial charge in [-0.15, -0.1) is 0 Å². The van der Waals surface area contributed by atoms with E-state index < -0.39 is 20.9 Å². The van der Waals surface area contributed by atoms with Crippen molar-refractivity contribution in [3.8, 4) is 0 Å². The zero-order valence-electron chi connectivity index (χ0n) is 9.52. The van der Waals surface area contributed by atoms with Gasteiger partial charge in [-0.3, -0.25) is 14.8 Å². The molecule has 6 N–H and O–H groups in total. The lowest BCUT2D eigenvalue weighted by atomic mass is 10.1. The Labute approximate surface area is 99.6 Å². The lowest BCUT2D eigenvalue weighted by Crippen LogP contribution is -2.41. The van der Waals surface area contributed by atoms with Crippen molar-refractivity contribution >= 4 is 15.4 Å². The molecule has 0 amide bonds. The second-order valence-electron chi connectivity index (χ2n) is 3.78. The average Bonchev–Trinajstić information content (AvgIpc) is 2.08. The monoisotopic (exact) mass is 291 g/mol. The summed E-state index contributed by atoms with van der Waals surface area (Å²) in [6, 6.07) is 0. The molecule has 0 spiro atoms. The van der Waals surface area contributed by atoms with Gasteiger partial charge in [-0.1, -0.05) is 26.2 Å². The number of nitrogens with two attached hydrogens (primary N) is 1. The van der Waals surface area contributed by atoms with Crippen LogP contribution in [-0.4, -0.2) is 25.0 Å². The fraction of sp³-hybridized carbons (Fsp3) is 1.00. The molecule has 0 radical (unpaired) electrons. The molecule has 0 saturated heterocycles. The lowest BCUT2D eigenvalue weighted by molar-refractivity contribution is 0.0705. The zero-order valence-corrected chi connectivity index (χ0v) is 11.3. The van der Waals surface area contributed by atoms with E-state index >= 15 is 0 Å². The van der Waals surface area contributed by atoms with E-state index in [-0.39, 0.29) is 6.42 Å². The van der Waals surface area contributed by atoms with E-state index in [4.69, 9.17) is 25.3 Å². The first kappa shape index (κ1) is 17.2. The maximum Gasteiger partial charge on any atom is 0.471 e. The van der Waals surface area contributed by atoms with Gasteiger partial charge in [-0.05, 0) is 6.42 Å². The Morgan fingerprint density at radius 2 is 1.65 bits per heavy atom. The van der Waals surface area contributed by atoms with Gasteiger partial charge >= 0.3 is 15.4 Å². The van der Waals surface area contributed by atoms with Crippen LogP contribution in [0.15, 0.2) is 0 Å². The summed E-state index contributed by atoms with van der Waals surface area (Å²) in [5, 5.41) is 0. The summed E-state index contributed by atoms with van der Waals surface area (Å²) in [7, 11) is -10.0. The Kier molecular flexibility index (Phi) is 6.49. The molecule has 0 aliphatic rings. The molecule has 1 unspecified atom stereocenters. The first-order valence-corrected chi connectivity index (χ1v) is 8.27. The first-order chi connectivity index (χ1) is 7.52. The van der Waals surface area contributed by atoms with Crippen LogP contribution in [0.2, 0.25) is 0 Å². The van der Waals surface area contributed by atoms with Gasteiger partial charge in [0.1, 0.15) is 0 Å². The molecule has 8 nitrogen and oxygen atoms in total. The highest BCUT2D eigenvalue weighted by molar-refractivity contribution is 7.54. The van der Waals surface area contributed by atoms with Crippen LogP contribution < -0.4 is 5.73 Å². The Hall–Kier alpha value is 0.220. The second kappa shape index (κ2) is 6.41. The van der Waals surface area contributed by atoms with Crippen LogP contribution >= 0.6 is 15.4 Å². The Balaban J connectivity index is 4.65. The molecule has 0 heterocycles. The highest BCUT2D eigenvalue weighted by Crippen LogP contribution is 2.57. The molecule has 0 aromatic carbocycles. The molecular formula is C7H19NO7P2. The topological polar surface area (TPSA) is 150 Å². The van der Waals surface area contributed by atoms with Crippen molar-refractivity contribution in [2.45, 2.75) is 44.5 Å². The Bertz CT molecular complexity index is 324. The minimum atomic E-state index is -5.06. The Morgan fingerprint density at radius 1 is 1.12 bits per heavy atom. The summed E-state index contributed by atoms with van der Waals surface area (Å²) in [5.74, 6) is 0. The highest BCUT2D eigenvalue weighted by Gasteiger charge is 2.48. The fourth-order valence-electron chi connectivity index (χ4n) is 1.26. The second-order valence-corrected chi connectivity index (χ2v) is 6.79. The fourth-order valence-corrected chi connectivity index (χ4v) is 2.95. The van der Waals surface area contributed by atoms with Crippen LogP contribution in [0.1, 0.15) is 39.0 Å². The van der Waals surface area contributed by atoms with E-state index in [0.717, 1.165) is 12.8 Å². The summed E-state index contributed by atoms with van der Waals surface area (Å²) in [4.78, 5) is 35.1. The van der Waals surface area contributed by atoms with Crippen molar-refractivity contribution in [3.05, 3.63) is 0 Å². The minimum Gasteiger partial charge on any atom is -0.321 e. The largest absolute Gasteiger partial charge is 0.471 e. The molecule has 0 aliphatic carbocycles.